The molecule has 0 fully saturated rings. The molecule has 21 heavy (non-hydrogen) atoms. The van der Waals surface area contributed by atoms with Crippen molar-refractivity contribution in [3.8, 4) is 0 Å². The number of hydrogen-bond donors (Lipinski definition) is 2. The van der Waals surface area contributed by atoms with Crippen LogP contribution in [0.4, 0.5) is 0 Å². The minimum absolute atomic E-state index is 0.0119. The number of halogens is 1. The second-order valence-corrected chi connectivity index (χ2v) is 6.88. The van der Waals surface area contributed by atoms with Crippen LogP contribution < -0.4 is 5.32 Å². The lowest BCUT2D eigenvalue weighted by Crippen LogP contribution is -2.29. The maximum Gasteiger partial charge on any atom is 0.303 e. The van der Waals surface area contributed by atoms with Crippen molar-refractivity contribution in [2.75, 3.05) is 6.54 Å². The Bertz CT molecular complexity index is 500. The van der Waals surface area contributed by atoms with Crippen LogP contribution in [-0.2, 0) is 16.0 Å². The van der Waals surface area contributed by atoms with Gasteiger partial charge >= 0.3 is 5.97 Å². The first kappa shape index (κ1) is 17.7. The van der Waals surface area contributed by atoms with Crippen molar-refractivity contribution in [3.05, 3.63) is 34.3 Å². The number of carbonyl (C=O) groups is 2. The third-order valence-electron chi connectivity index (χ3n) is 3.39. The molecular weight excluding hydrogens is 334 g/mol. The van der Waals surface area contributed by atoms with Gasteiger partial charge in [-0.3, -0.25) is 9.59 Å². The van der Waals surface area contributed by atoms with Crippen LogP contribution in [-0.4, -0.2) is 23.5 Å². The number of carboxylic acid groups (broad SMARTS) is 1. The Morgan fingerprint density at radius 3 is 2.62 bits per heavy atom. The summed E-state index contributed by atoms with van der Waals surface area (Å²) in [6.45, 7) is 4.62. The molecule has 0 saturated heterocycles. The molecule has 0 aliphatic carbocycles. The fourth-order valence-electron chi connectivity index (χ4n) is 2.01. The lowest BCUT2D eigenvalue weighted by molar-refractivity contribution is -0.137. The Labute approximate surface area is 134 Å². The molecule has 2 N–H and O–H groups in total. The predicted octanol–water partition coefficient (Wildman–Crippen LogP) is 3.39. The average Bonchev–Trinajstić information content (AvgIpc) is 2.36. The molecule has 1 amide bonds. The predicted molar refractivity (Wildman–Crippen MR) is 86.1 cm³/mol. The molecule has 1 rings (SSSR count). The third-order valence-corrected chi connectivity index (χ3v) is 3.89. The quantitative estimate of drug-likeness (QED) is 0.750. The van der Waals surface area contributed by atoms with Gasteiger partial charge in [-0.1, -0.05) is 41.9 Å². The van der Waals surface area contributed by atoms with E-state index in [0.717, 1.165) is 16.5 Å². The molecule has 0 aliphatic heterocycles. The molecule has 5 heteroatoms. The summed E-state index contributed by atoms with van der Waals surface area (Å²) in [5.41, 5.74) is 0.883. The van der Waals surface area contributed by atoms with Crippen LogP contribution in [0.2, 0.25) is 0 Å². The standard InChI is InChI=1S/C16H22BrNO3/c1-16(2,7-6-15(20)21)8-9-18-14(19)11-12-4-3-5-13(17)10-12/h3-5,10H,6-9,11H2,1-2H3,(H,18,19)(H,20,21). The van der Waals surface area contributed by atoms with Crippen molar-refractivity contribution in [2.45, 2.75) is 39.5 Å². The van der Waals surface area contributed by atoms with E-state index in [0.29, 0.717) is 19.4 Å². The van der Waals surface area contributed by atoms with Crippen molar-refractivity contribution in [3.63, 3.8) is 0 Å². The van der Waals surface area contributed by atoms with Crippen molar-refractivity contribution >= 4 is 27.8 Å². The van der Waals surface area contributed by atoms with E-state index in [-0.39, 0.29) is 17.7 Å². The Kier molecular flexibility index (Phi) is 6.89. The van der Waals surface area contributed by atoms with E-state index < -0.39 is 5.97 Å². The first-order chi connectivity index (χ1) is 9.78. The number of benzene rings is 1. The zero-order chi connectivity index (χ0) is 15.9. The van der Waals surface area contributed by atoms with Gasteiger partial charge in [0.05, 0.1) is 6.42 Å². The smallest absolute Gasteiger partial charge is 0.303 e. The molecule has 0 aliphatic rings. The molecule has 0 spiro atoms. The summed E-state index contributed by atoms with van der Waals surface area (Å²) in [7, 11) is 0. The molecule has 0 atom stereocenters. The van der Waals surface area contributed by atoms with E-state index in [4.69, 9.17) is 5.11 Å². The van der Waals surface area contributed by atoms with Crippen LogP contribution in [0.1, 0.15) is 38.7 Å². The van der Waals surface area contributed by atoms with Crippen molar-refractivity contribution in [1.82, 2.24) is 5.32 Å². The molecule has 0 saturated carbocycles. The topological polar surface area (TPSA) is 66.4 Å². The van der Waals surface area contributed by atoms with E-state index in [1.807, 2.05) is 38.1 Å². The maximum atomic E-state index is 11.9. The van der Waals surface area contributed by atoms with Gasteiger partial charge in [0.1, 0.15) is 0 Å². The van der Waals surface area contributed by atoms with Crippen LogP contribution in [0.15, 0.2) is 28.7 Å². The van der Waals surface area contributed by atoms with Crippen molar-refractivity contribution in [1.29, 1.82) is 0 Å². The fraction of sp³-hybridized carbons (Fsp3) is 0.500. The van der Waals surface area contributed by atoms with Gasteiger partial charge in [-0.2, -0.15) is 0 Å². The van der Waals surface area contributed by atoms with Crippen LogP contribution >= 0.6 is 15.9 Å². The van der Waals surface area contributed by atoms with Gasteiger partial charge in [-0.15, -0.1) is 0 Å². The molecule has 0 heterocycles. The van der Waals surface area contributed by atoms with Gasteiger partial charge in [0, 0.05) is 17.4 Å². The number of amides is 1. The molecule has 1 aromatic rings. The van der Waals surface area contributed by atoms with E-state index in [9.17, 15) is 9.59 Å². The van der Waals surface area contributed by atoms with Gasteiger partial charge in [0.25, 0.3) is 0 Å². The van der Waals surface area contributed by atoms with Crippen LogP contribution in [0.25, 0.3) is 0 Å². The summed E-state index contributed by atoms with van der Waals surface area (Å²) in [5.74, 6) is -0.788. The normalized spacial score (nSPS) is 11.2. The zero-order valence-electron chi connectivity index (χ0n) is 12.5. The van der Waals surface area contributed by atoms with Crippen LogP contribution in [0, 0.1) is 5.41 Å². The SMILES string of the molecule is CC(C)(CCNC(=O)Cc1cccc(Br)c1)CCC(=O)O. The molecule has 0 bridgehead atoms. The molecule has 0 unspecified atom stereocenters. The molecule has 4 nitrogen and oxygen atoms in total. The first-order valence-corrected chi connectivity index (χ1v) is 7.81. The Hall–Kier alpha value is -1.36. The second kappa shape index (κ2) is 8.17. The van der Waals surface area contributed by atoms with Crippen molar-refractivity contribution < 1.29 is 14.7 Å². The van der Waals surface area contributed by atoms with Crippen LogP contribution in [0.5, 0.6) is 0 Å². The summed E-state index contributed by atoms with van der Waals surface area (Å²) >= 11 is 3.38. The number of aliphatic carboxylic acids is 1. The Morgan fingerprint density at radius 2 is 2.00 bits per heavy atom. The first-order valence-electron chi connectivity index (χ1n) is 7.01. The second-order valence-electron chi connectivity index (χ2n) is 5.96. The van der Waals surface area contributed by atoms with Gasteiger partial charge in [0.15, 0.2) is 0 Å². The summed E-state index contributed by atoms with van der Waals surface area (Å²) in [5, 5.41) is 11.6. The van der Waals surface area contributed by atoms with Gasteiger partial charge in [-0.05, 0) is 36.0 Å². The summed E-state index contributed by atoms with van der Waals surface area (Å²) in [6.07, 6.45) is 1.91. The third kappa shape index (κ3) is 7.85. The van der Waals surface area contributed by atoms with Crippen molar-refractivity contribution in [2.24, 2.45) is 5.41 Å². The number of nitrogens with one attached hydrogen (secondary N) is 1. The molecular formula is C16H22BrNO3. The van der Waals surface area contributed by atoms with E-state index >= 15 is 0 Å². The minimum Gasteiger partial charge on any atom is -0.481 e. The lowest BCUT2D eigenvalue weighted by atomic mass is 9.84. The zero-order valence-corrected chi connectivity index (χ0v) is 14.1. The number of carboxylic acids is 1. The van der Waals surface area contributed by atoms with E-state index in [1.54, 1.807) is 0 Å². The number of carbonyl (C=O) groups excluding carboxylic acids is 1. The van der Waals surface area contributed by atoms with Gasteiger partial charge in [-0.25, -0.2) is 0 Å². The average molecular weight is 356 g/mol. The Balaban J connectivity index is 2.31. The highest BCUT2D eigenvalue weighted by Gasteiger charge is 2.19. The van der Waals surface area contributed by atoms with Gasteiger partial charge in [0.2, 0.25) is 5.91 Å². The van der Waals surface area contributed by atoms with E-state index in [2.05, 4.69) is 21.2 Å². The summed E-state index contributed by atoms with van der Waals surface area (Å²) in [4.78, 5) is 22.4. The number of rotatable bonds is 8. The molecule has 0 aromatic heterocycles. The highest BCUT2D eigenvalue weighted by Crippen LogP contribution is 2.26. The summed E-state index contributed by atoms with van der Waals surface area (Å²) < 4.78 is 0.961. The maximum absolute atomic E-state index is 11.9. The lowest BCUT2D eigenvalue weighted by Gasteiger charge is -2.23. The molecule has 116 valence electrons. The van der Waals surface area contributed by atoms with E-state index in [1.165, 1.54) is 0 Å². The highest BCUT2D eigenvalue weighted by atomic mass is 79.9. The molecule has 1 aromatic carbocycles. The minimum atomic E-state index is -0.776. The van der Waals surface area contributed by atoms with Crippen LogP contribution in [0.3, 0.4) is 0 Å². The monoisotopic (exact) mass is 355 g/mol. The highest BCUT2D eigenvalue weighted by molar-refractivity contribution is 9.10. The summed E-state index contributed by atoms with van der Waals surface area (Å²) in [6, 6.07) is 7.67. The van der Waals surface area contributed by atoms with Gasteiger partial charge < -0.3 is 10.4 Å². The Morgan fingerprint density at radius 1 is 1.29 bits per heavy atom. The fourth-order valence-corrected chi connectivity index (χ4v) is 2.45. The largest absolute Gasteiger partial charge is 0.481 e. The molecule has 0 radical (unpaired) electrons. The number of hydrogen-bond acceptors (Lipinski definition) is 2.